The van der Waals surface area contributed by atoms with E-state index in [9.17, 15) is 0 Å². The average Bonchev–Trinajstić information content (AvgIpc) is 2.86. The van der Waals surface area contributed by atoms with Crippen molar-refractivity contribution in [2.75, 3.05) is 44.1 Å². The Morgan fingerprint density at radius 3 is 2.76 bits per heavy atom. The molecule has 1 fully saturated rings. The second kappa shape index (κ2) is 7.04. The van der Waals surface area contributed by atoms with E-state index in [0.717, 1.165) is 49.0 Å². The first kappa shape index (κ1) is 16.0. The highest BCUT2D eigenvalue weighted by Gasteiger charge is 2.22. The molecule has 3 N–H and O–H groups in total. The first-order valence-corrected chi connectivity index (χ1v) is 7.79. The summed E-state index contributed by atoms with van der Waals surface area (Å²) < 4.78 is 0. The van der Waals surface area contributed by atoms with E-state index in [1.54, 1.807) is 0 Å². The molecule has 0 aromatic carbocycles. The lowest BCUT2D eigenvalue weighted by Gasteiger charge is -2.25. The summed E-state index contributed by atoms with van der Waals surface area (Å²) >= 11 is 0. The Bertz CT molecular complexity index is 475. The Kier molecular flexibility index (Phi) is 5.36. The van der Waals surface area contributed by atoms with Crippen LogP contribution in [0.1, 0.15) is 31.2 Å². The van der Waals surface area contributed by atoms with Crippen molar-refractivity contribution >= 4 is 11.6 Å². The molecule has 1 aliphatic heterocycles. The lowest BCUT2D eigenvalue weighted by Crippen LogP contribution is -2.29. The molecule has 2 heterocycles. The summed E-state index contributed by atoms with van der Waals surface area (Å²) in [5.41, 5.74) is 3.72. The number of nitrogens with zero attached hydrogens (tertiary/aromatic N) is 4. The summed E-state index contributed by atoms with van der Waals surface area (Å²) in [6, 6.07) is 0. The normalized spacial score (nSPS) is 19.0. The molecule has 0 amide bonds. The standard InChI is InChI=1S/C15H28N6/c1-5-6-13-17-14(19-16)11(2)15(18-13)21(4)10-12-7-8-20(3)9-12/h12H,5-10,16H2,1-4H3,(H,17,18,19). The molecule has 6 nitrogen and oxygen atoms in total. The minimum Gasteiger partial charge on any atom is -0.359 e. The molecule has 1 aromatic rings. The minimum atomic E-state index is 0.707. The van der Waals surface area contributed by atoms with Gasteiger partial charge in [0, 0.05) is 32.1 Å². The van der Waals surface area contributed by atoms with Gasteiger partial charge in [-0.1, -0.05) is 6.92 Å². The molecule has 0 radical (unpaired) electrons. The average molecular weight is 292 g/mol. The molecule has 118 valence electrons. The topological polar surface area (TPSA) is 70.3 Å². The van der Waals surface area contributed by atoms with Crippen molar-refractivity contribution < 1.29 is 0 Å². The van der Waals surface area contributed by atoms with E-state index in [4.69, 9.17) is 10.8 Å². The van der Waals surface area contributed by atoms with Crippen LogP contribution in [0.15, 0.2) is 0 Å². The molecular formula is C15H28N6. The van der Waals surface area contributed by atoms with Gasteiger partial charge < -0.3 is 15.2 Å². The number of nitrogen functional groups attached to an aromatic ring is 1. The monoisotopic (exact) mass is 292 g/mol. The molecule has 1 unspecified atom stereocenters. The summed E-state index contributed by atoms with van der Waals surface area (Å²) in [6.07, 6.45) is 3.17. The van der Waals surface area contributed by atoms with Crippen molar-refractivity contribution in [1.82, 2.24) is 14.9 Å². The number of hydrazine groups is 1. The largest absolute Gasteiger partial charge is 0.359 e. The van der Waals surface area contributed by atoms with Crippen LogP contribution < -0.4 is 16.2 Å². The summed E-state index contributed by atoms with van der Waals surface area (Å²) in [5, 5.41) is 0. The maximum Gasteiger partial charge on any atom is 0.148 e. The van der Waals surface area contributed by atoms with Crippen molar-refractivity contribution in [2.45, 2.75) is 33.1 Å². The number of aromatic nitrogens is 2. The molecule has 0 saturated carbocycles. The van der Waals surface area contributed by atoms with Crippen LogP contribution in [0, 0.1) is 12.8 Å². The van der Waals surface area contributed by atoms with E-state index in [-0.39, 0.29) is 0 Å². The van der Waals surface area contributed by atoms with E-state index in [1.807, 2.05) is 6.92 Å². The fourth-order valence-electron chi connectivity index (χ4n) is 3.05. The Morgan fingerprint density at radius 2 is 2.19 bits per heavy atom. The van der Waals surface area contributed by atoms with Crippen LogP contribution in [0.5, 0.6) is 0 Å². The van der Waals surface area contributed by atoms with Gasteiger partial charge in [0.05, 0.1) is 0 Å². The number of likely N-dealkylation sites (tertiary alicyclic amines) is 1. The van der Waals surface area contributed by atoms with Gasteiger partial charge in [0.25, 0.3) is 0 Å². The van der Waals surface area contributed by atoms with E-state index >= 15 is 0 Å². The third-order valence-electron chi connectivity index (χ3n) is 4.16. The minimum absolute atomic E-state index is 0.707. The first-order valence-electron chi connectivity index (χ1n) is 7.79. The Morgan fingerprint density at radius 1 is 1.43 bits per heavy atom. The molecule has 0 spiro atoms. The van der Waals surface area contributed by atoms with Crippen LogP contribution in [0.2, 0.25) is 0 Å². The first-order chi connectivity index (χ1) is 10.0. The van der Waals surface area contributed by atoms with Gasteiger partial charge >= 0.3 is 0 Å². The fourth-order valence-corrected chi connectivity index (χ4v) is 3.05. The van der Waals surface area contributed by atoms with E-state index < -0.39 is 0 Å². The van der Waals surface area contributed by atoms with E-state index in [1.165, 1.54) is 13.0 Å². The van der Waals surface area contributed by atoms with Crippen molar-refractivity contribution in [1.29, 1.82) is 0 Å². The second-order valence-electron chi connectivity index (χ2n) is 6.13. The van der Waals surface area contributed by atoms with E-state index in [0.29, 0.717) is 5.92 Å². The zero-order valence-corrected chi connectivity index (χ0v) is 13.7. The number of nitrogens with two attached hydrogens (primary N) is 1. The van der Waals surface area contributed by atoms with Crippen LogP contribution in [0.4, 0.5) is 11.6 Å². The van der Waals surface area contributed by atoms with Gasteiger partial charge in [-0.05, 0) is 39.3 Å². The number of anilines is 2. The lowest BCUT2D eigenvalue weighted by molar-refractivity contribution is 0.395. The Labute approximate surface area is 127 Å². The highest BCUT2D eigenvalue weighted by atomic mass is 15.3. The van der Waals surface area contributed by atoms with Crippen LogP contribution in [-0.2, 0) is 6.42 Å². The van der Waals surface area contributed by atoms with Gasteiger partial charge in [0.1, 0.15) is 17.5 Å². The molecule has 1 atom stereocenters. The maximum absolute atomic E-state index is 5.60. The third-order valence-corrected chi connectivity index (χ3v) is 4.16. The predicted molar refractivity (Wildman–Crippen MR) is 87.4 cm³/mol. The Balaban J connectivity index is 2.18. The molecule has 2 rings (SSSR count). The fraction of sp³-hybridized carbons (Fsp3) is 0.733. The Hall–Kier alpha value is -1.40. The molecule has 0 aliphatic carbocycles. The second-order valence-corrected chi connectivity index (χ2v) is 6.13. The van der Waals surface area contributed by atoms with Crippen LogP contribution in [-0.4, -0.2) is 48.6 Å². The molecule has 21 heavy (non-hydrogen) atoms. The number of aryl methyl sites for hydroxylation is 1. The molecular weight excluding hydrogens is 264 g/mol. The lowest BCUT2D eigenvalue weighted by atomic mass is 10.1. The van der Waals surface area contributed by atoms with Gasteiger partial charge in [-0.2, -0.15) is 0 Å². The SMILES string of the molecule is CCCc1nc(NN)c(C)c(N(C)CC2CCN(C)C2)n1. The smallest absolute Gasteiger partial charge is 0.148 e. The van der Waals surface area contributed by atoms with Crippen LogP contribution in [0.25, 0.3) is 0 Å². The van der Waals surface area contributed by atoms with Crippen molar-refractivity contribution in [3.63, 3.8) is 0 Å². The number of hydrogen-bond donors (Lipinski definition) is 2. The van der Waals surface area contributed by atoms with Crippen molar-refractivity contribution in [2.24, 2.45) is 11.8 Å². The van der Waals surface area contributed by atoms with Gasteiger partial charge in [-0.25, -0.2) is 15.8 Å². The highest BCUT2D eigenvalue weighted by molar-refractivity contribution is 5.57. The number of nitrogens with one attached hydrogen (secondary N) is 1. The summed E-state index contributed by atoms with van der Waals surface area (Å²) in [6.45, 7) is 7.54. The quantitative estimate of drug-likeness (QED) is 0.610. The van der Waals surface area contributed by atoms with Gasteiger partial charge in [-0.3, -0.25) is 0 Å². The molecule has 1 saturated heterocycles. The third kappa shape index (κ3) is 3.83. The summed E-state index contributed by atoms with van der Waals surface area (Å²) in [7, 11) is 4.30. The maximum atomic E-state index is 5.60. The molecule has 1 aromatic heterocycles. The predicted octanol–water partition coefficient (Wildman–Crippen LogP) is 1.41. The van der Waals surface area contributed by atoms with Crippen LogP contribution >= 0.6 is 0 Å². The van der Waals surface area contributed by atoms with Crippen molar-refractivity contribution in [3.8, 4) is 0 Å². The van der Waals surface area contributed by atoms with Crippen molar-refractivity contribution in [3.05, 3.63) is 11.4 Å². The van der Waals surface area contributed by atoms with Gasteiger partial charge in [0.2, 0.25) is 0 Å². The highest BCUT2D eigenvalue weighted by Crippen LogP contribution is 2.25. The zero-order valence-electron chi connectivity index (χ0n) is 13.7. The summed E-state index contributed by atoms with van der Waals surface area (Å²) in [5.74, 6) is 8.90. The molecule has 0 bridgehead atoms. The molecule has 6 heteroatoms. The van der Waals surface area contributed by atoms with Gasteiger partial charge in [0.15, 0.2) is 0 Å². The summed E-state index contributed by atoms with van der Waals surface area (Å²) in [4.78, 5) is 13.9. The molecule has 1 aliphatic rings. The van der Waals surface area contributed by atoms with E-state index in [2.05, 4.69) is 41.2 Å². The van der Waals surface area contributed by atoms with Crippen LogP contribution in [0.3, 0.4) is 0 Å². The number of hydrogen-bond acceptors (Lipinski definition) is 6. The van der Waals surface area contributed by atoms with Gasteiger partial charge in [-0.15, -0.1) is 0 Å². The number of rotatable bonds is 6. The zero-order chi connectivity index (χ0) is 15.4.